The van der Waals surface area contributed by atoms with Gasteiger partial charge in [-0.15, -0.1) is 0 Å². The SMILES string of the molecule is Cc1nc(CNC(=O)NC(C)c2cccc(N3CCCC3)c2)oc1C. The Labute approximate surface area is 148 Å². The van der Waals surface area contributed by atoms with Crippen molar-refractivity contribution in [3.8, 4) is 0 Å². The van der Waals surface area contributed by atoms with Crippen LogP contribution in [0.1, 0.15) is 48.7 Å². The number of aryl methyl sites for hydroxylation is 2. The largest absolute Gasteiger partial charge is 0.444 e. The zero-order chi connectivity index (χ0) is 17.8. The Hall–Kier alpha value is -2.50. The Morgan fingerprint density at radius 2 is 2.08 bits per heavy atom. The standard InChI is InChI=1S/C19H26N4O2/c1-13-15(3)25-18(21-13)12-20-19(24)22-14(2)16-7-6-8-17(11-16)23-9-4-5-10-23/h6-8,11,14H,4-5,9-10,12H2,1-3H3,(H2,20,22,24). The van der Waals surface area contributed by atoms with Crippen LogP contribution in [0.4, 0.5) is 10.5 Å². The normalized spacial score (nSPS) is 15.2. The number of urea groups is 1. The fraction of sp³-hybridized carbons (Fsp3) is 0.474. The van der Waals surface area contributed by atoms with Gasteiger partial charge in [0.1, 0.15) is 5.76 Å². The molecule has 25 heavy (non-hydrogen) atoms. The van der Waals surface area contributed by atoms with Crippen LogP contribution in [-0.4, -0.2) is 24.1 Å². The number of amides is 2. The maximum atomic E-state index is 12.1. The molecule has 1 aromatic heterocycles. The van der Waals surface area contributed by atoms with E-state index in [4.69, 9.17) is 4.42 Å². The van der Waals surface area contributed by atoms with E-state index in [0.29, 0.717) is 5.89 Å². The summed E-state index contributed by atoms with van der Waals surface area (Å²) in [5, 5.41) is 5.76. The van der Waals surface area contributed by atoms with Gasteiger partial charge in [-0.3, -0.25) is 0 Å². The predicted octanol–water partition coefficient (Wildman–Crippen LogP) is 3.45. The summed E-state index contributed by atoms with van der Waals surface area (Å²) in [6.45, 7) is 8.24. The zero-order valence-corrected chi connectivity index (χ0v) is 15.1. The van der Waals surface area contributed by atoms with Gasteiger partial charge in [0, 0.05) is 18.8 Å². The van der Waals surface area contributed by atoms with Crippen molar-refractivity contribution in [3.05, 3.63) is 47.2 Å². The molecule has 0 saturated carbocycles. The minimum Gasteiger partial charge on any atom is -0.444 e. The van der Waals surface area contributed by atoms with E-state index in [1.807, 2.05) is 26.8 Å². The molecule has 3 rings (SSSR count). The van der Waals surface area contributed by atoms with Crippen molar-refractivity contribution >= 4 is 11.7 Å². The summed E-state index contributed by atoms with van der Waals surface area (Å²) >= 11 is 0. The van der Waals surface area contributed by atoms with Crippen LogP contribution >= 0.6 is 0 Å². The van der Waals surface area contributed by atoms with E-state index in [9.17, 15) is 4.79 Å². The molecule has 1 atom stereocenters. The van der Waals surface area contributed by atoms with Gasteiger partial charge in [-0.2, -0.15) is 0 Å². The molecular formula is C19H26N4O2. The van der Waals surface area contributed by atoms with Gasteiger partial charge in [-0.05, 0) is 51.3 Å². The van der Waals surface area contributed by atoms with Gasteiger partial charge in [0.2, 0.25) is 5.89 Å². The van der Waals surface area contributed by atoms with Crippen molar-refractivity contribution in [1.82, 2.24) is 15.6 Å². The fourth-order valence-corrected chi connectivity index (χ4v) is 3.07. The van der Waals surface area contributed by atoms with Gasteiger partial charge >= 0.3 is 6.03 Å². The topological polar surface area (TPSA) is 70.4 Å². The Morgan fingerprint density at radius 1 is 1.32 bits per heavy atom. The molecule has 1 fully saturated rings. The number of benzene rings is 1. The average Bonchev–Trinajstić information content (AvgIpc) is 3.24. The lowest BCUT2D eigenvalue weighted by molar-refractivity contribution is 0.236. The van der Waals surface area contributed by atoms with Gasteiger partial charge in [0.05, 0.1) is 18.3 Å². The molecule has 0 spiro atoms. The van der Waals surface area contributed by atoms with E-state index in [1.54, 1.807) is 0 Å². The third kappa shape index (κ3) is 4.32. The second-order valence-electron chi connectivity index (χ2n) is 6.59. The summed E-state index contributed by atoms with van der Waals surface area (Å²) in [4.78, 5) is 18.8. The number of aromatic nitrogens is 1. The van der Waals surface area contributed by atoms with Crippen molar-refractivity contribution in [1.29, 1.82) is 0 Å². The monoisotopic (exact) mass is 342 g/mol. The Bertz CT molecular complexity index is 715. The van der Waals surface area contributed by atoms with Gasteiger partial charge in [-0.25, -0.2) is 9.78 Å². The van der Waals surface area contributed by atoms with Crippen LogP contribution in [0.2, 0.25) is 0 Å². The first kappa shape index (κ1) is 17.3. The Morgan fingerprint density at radius 3 is 2.76 bits per heavy atom. The highest BCUT2D eigenvalue weighted by Crippen LogP contribution is 2.23. The molecule has 2 N–H and O–H groups in total. The molecular weight excluding hydrogens is 316 g/mol. The number of carbonyl (C=O) groups is 1. The molecule has 6 nitrogen and oxygen atoms in total. The van der Waals surface area contributed by atoms with Crippen molar-refractivity contribution in [2.75, 3.05) is 18.0 Å². The van der Waals surface area contributed by atoms with Crippen LogP contribution in [0.3, 0.4) is 0 Å². The second kappa shape index (κ2) is 7.59. The zero-order valence-electron chi connectivity index (χ0n) is 15.1. The first-order chi connectivity index (χ1) is 12.0. The quantitative estimate of drug-likeness (QED) is 0.873. The third-order valence-electron chi connectivity index (χ3n) is 4.66. The van der Waals surface area contributed by atoms with Crippen molar-refractivity contribution < 1.29 is 9.21 Å². The summed E-state index contributed by atoms with van der Waals surface area (Å²) in [5.74, 6) is 1.30. The van der Waals surface area contributed by atoms with Crippen LogP contribution in [-0.2, 0) is 6.54 Å². The molecule has 1 saturated heterocycles. The summed E-state index contributed by atoms with van der Waals surface area (Å²) in [7, 11) is 0. The molecule has 2 amide bonds. The van der Waals surface area contributed by atoms with E-state index in [0.717, 1.165) is 30.1 Å². The molecule has 1 aromatic carbocycles. The highest BCUT2D eigenvalue weighted by Gasteiger charge is 2.15. The summed E-state index contributed by atoms with van der Waals surface area (Å²) in [6.07, 6.45) is 2.50. The van der Waals surface area contributed by atoms with Crippen LogP contribution in [0.15, 0.2) is 28.7 Å². The second-order valence-corrected chi connectivity index (χ2v) is 6.59. The Kier molecular flexibility index (Phi) is 5.26. The van der Waals surface area contributed by atoms with E-state index in [-0.39, 0.29) is 18.6 Å². The average molecular weight is 342 g/mol. The molecule has 0 bridgehead atoms. The molecule has 2 heterocycles. The predicted molar refractivity (Wildman–Crippen MR) is 97.7 cm³/mol. The van der Waals surface area contributed by atoms with E-state index in [1.165, 1.54) is 18.5 Å². The first-order valence-corrected chi connectivity index (χ1v) is 8.85. The third-order valence-corrected chi connectivity index (χ3v) is 4.66. The van der Waals surface area contributed by atoms with Crippen LogP contribution in [0.5, 0.6) is 0 Å². The molecule has 0 aliphatic carbocycles. The smallest absolute Gasteiger partial charge is 0.315 e. The van der Waals surface area contributed by atoms with Crippen molar-refractivity contribution in [2.24, 2.45) is 0 Å². The minimum absolute atomic E-state index is 0.0735. The summed E-state index contributed by atoms with van der Waals surface area (Å²) in [5.41, 5.74) is 3.18. The number of nitrogens with zero attached hydrogens (tertiary/aromatic N) is 2. The lowest BCUT2D eigenvalue weighted by Gasteiger charge is -2.20. The molecule has 2 aromatic rings. The fourth-order valence-electron chi connectivity index (χ4n) is 3.07. The van der Waals surface area contributed by atoms with E-state index < -0.39 is 0 Å². The number of carbonyl (C=O) groups excluding carboxylic acids is 1. The number of oxazole rings is 1. The van der Waals surface area contributed by atoms with Crippen molar-refractivity contribution in [2.45, 2.75) is 46.2 Å². The molecule has 134 valence electrons. The molecule has 6 heteroatoms. The highest BCUT2D eigenvalue weighted by atomic mass is 16.4. The maximum absolute atomic E-state index is 12.1. The lowest BCUT2D eigenvalue weighted by atomic mass is 10.1. The van der Waals surface area contributed by atoms with Gasteiger partial charge in [-0.1, -0.05) is 12.1 Å². The van der Waals surface area contributed by atoms with Crippen LogP contribution in [0, 0.1) is 13.8 Å². The molecule has 1 aliphatic heterocycles. The van der Waals surface area contributed by atoms with Crippen molar-refractivity contribution in [3.63, 3.8) is 0 Å². The van der Waals surface area contributed by atoms with E-state index in [2.05, 4.69) is 38.7 Å². The summed E-state index contributed by atoms with van der Waals surface area (Å²) < 4.78 is 5.47. The van der Waals surface area contributed by atoms with Gasteiger partial charge < -0.3 is 20.0 Å². The number of hydrogen-bond donors (Lipinski definition) is 2. The molecule has 0 radical (unpaired) electrons. The maximum Gasteiger partial charge on any atom is 0.315 e. The van der Waals surface area contributed by atoms with Gasteiger partial charge in [0.25, 0.3) is 0 Å². The first-order valence-electron chi connectivity index (χ1n) is 8.85. The lowest BCUT2D eigenvalue weighted by Crippen LogP contribution is -2.36. The summed E-state index contributed by atoms with van der Waals surface area (Å²) in [6, 6.07) is 8.09. The number of rotatable bonds is 5. The number of anilines is 1. The highest BCUT2D eigenvalue weighted by molar-refractivity contribution is 5.74. The molecule has 1 unspecified atom stereocenters. The van der Waals surface area contributed by atoms with E-state index >= 15 is 0 Å². The molecule has 1 aliphatic rings. The van der Waals surface area contributed by atoms with Crippen LogP contribution < -0.4 is 15.5 Å². The number of nitrogens with one attached hydrogen (secondary N) is 2. The van der Waals surface area contributed by atoms with Crippen LogP contribution in [0.25, 0.3) is 0 Å². The number of hydrogen-bond acceptors (Lipinski definition) is 4. The van der Waals surface area contributed by atoms with Gasteiger partial charge in [0.15, 0.2) is 0 Å². The minimum atomic E-state index is -0.229. The Balaban J connectivity index is 1.55.